The zero-order valence-electron chi connectivity index (χ0n) is 14.8. The van der Waals surface area contributed by atoms with Crippen LogP contribution >= 0.6 is 11.6 Å². The minimum atomic E-state index is 0.00260. The van der Waals surface area contributed by atoms with Gasteiger partial charge in [-0.25, -0.2) is 0 Å². The van der Waals surface area contributed by atoms with Crippen molar-refractivity contribution in [3.8, 4) is 0 Å². The van der Waals surface area contributed by atoms with Crippen molar-refractivity contribution in [2.75, 3.05) is 26.2 Å². The van der Waals surface area contributed by atoms with Crippen LogP contribution in [0.4, 0.5) is 0 Å². The first-order valence-electron chi connectivity index (χ1n) is 8.54. The van der Waals surface area contributed by atoms with Crippen molar-refractivity contribution in [2.24, 2.45) is 5.41 Å². The summed E-state index contributed by atoms with van der Waals surface area (Å²) >= 11 is 5.87. The maximum absolute atomic E-state index is 12.3. The van der Waals surface area contributed by atoms with Gasteiger partial charge in [-0.15, -0.1) is 0 Å². The maximum Gasteiger partial charge on any atom is 0.223 e. The van der Waals surface area contributed by atoms with Gasteiger partial charge in [0.15, 0.2) is 0 Å². The van der Waals surface area contributed by atoms with Crippen molar-refractivity contribution in [3.05, 3.63) is 34.9 Å². The lowest BCUT2D eigenvalue weighted by atomic mass is 9.91. The summed E-state index contributed by atoms with van der Waals surface area (Å²) in [5.74, 6) is 0.351. The lowest BCUT2D eigenvalue weighted by molar-refractivity contribution is -0.140. The molecule has 1 aliphatic rings. The van der Waals surface area contributed by atoms with E-state index in [1.807, 2.05) is 34.1 Å². The molecule has 0 bridgehead atoms. The summed E-state index contributed by atoms with van der Waals surface area (Å²) < 4.78 is 0. The molecule has 0 aromatic heterocycles. The number of aryl methyl sites for hydroxylation is 1. The summed E-state index contributed by atoms with van der Waals surface area (Å²) in [7, 11) is 0. The molecule has 1 saturated heterocycles. The molecule has 1 aromatic rings. The average molecular weight is 351 g/mol. The molecule has 5 heteroatoms. The smallest absolute Gasteiger partial charge is 0.223 e. The van der Waals surface area contributed by atoms with E-state index in [4.69, 9.17) is 11.6 Å². The van der Waals surface area contributed by atoms with E-state index in [2.05, 4.69) is 20.8 Å². The molecule has 0 radical (unpaired) electrons. The van der Waals surface area contributed by atoms with Gasteiger partial charge < -0.3 is 9.80 Å². The Hall–Kier alpha value is -1.55. The minimum absolute atomic E-state index is 0.00260. The van der Waals surface area contributed by atoms with E-state index in [1.165, 1.54) is 0 Å². The second-order valence-corrected chi connectivity index (χ2v) is 8.06. The monoisotopic (exact) mass is 350 g/mol. The van der Waals surface area contributed by atoms with E-state index < -0.39 is 0 Å². The number of hydrogen-bond acceptors (Lipinski definition) is 2. The van der Waals surface area contributed by atoms with Gasteiger partial charge in [0, 0.05) is 44.0 Å². The fourth-order valence-electron chi connectivity index (χ4n) is 2.83. The van der Waals surface area contributed by atoms with Crippen LogP contribution in [0.2, 0.25) is 5.02 Å². The molecule has 132 valence electrons. The minimum Gasteiger partial charge on any atom is -0.339 e. The second kappa shape index (κ2) is 8.02. The molecule has 2 rings (SSSR count). The molecule has 0 saturated carbocycles. The van der Waals surface area contributed by atoms with Crippen LogP contribution in [0.15, 0.2) is 24.3 Å². The largest absolute Gasteiger partial charge is 0.339 e. The number of halogens is 1. The topological polar surface area (TPSA) is 40.6 Å². The van der Waals surface area contributed by atoms with Crippen LogP contribution in [0, 0.1) is 5.41 Å². The number of benzene rings is 1. The first-order chi connectivity index (χ1) is 11.2. The van der Waals surface area contributed by atoms with Gasteiger partial charge in [0.05, 0.1) is 0 Å². The standard InChI is InChI=1S/C19H27ClN2O2/c1-19(2,3)14-18(24)22-12-10-21(11-13-22)17(23)9-6-15-4-7-16(20)8-5-15/h4-5,7-8H,6,9-14H2,1-3H3. The highest BCUT2D eigenvalue weighted by Gasteiger charge is 2.26. The Morgan fingerprint density at radius 3 is 1.96 bits per heavy atom. The van der Waals surface area contributed by atoms with Crippen molar-refractivity contribution in [2.45, 2.75) is 40.0 Å². The summed E-state index contributed by atoms with van der Waals surface area (Å²) in [4.78, 5) is 28.3. The van der Waals surface area contributed by atoms with E-state index in [-0.39, 0.29) is 17.2 Å². The Morgan fingerprint density at radius 1 is 0.958 bits per heavy atom. The Labute approximate surface area is 149 Å². The van der Waals surface area contributed by atoms with Gasteiger partial charge in [0.2, 0.25) is 11.8 Å². The molecule has 1 aliphatic heterocycles. The van der Waals surface area contributed by atoms with Crippen molar-refractivity contribution in [1.29, 1.82) is 0 Å². The van der Waals surface area contributed by atoms with Crippen molar-refractivity contribution in [1.82, 2.24) is 9.80 Å². The Kier molecular flexibility index (Phi) is 6.27. The lowest BCUT2D eigenvalue weighted by Crippen LogP contribution is -2.51. The fourth-order valence-corrected chi connectivity index (χ4v) is 2.96. The normalized spacial score (nSPS) is 15.5. The van der Waals surface area contributed by atoms with Gasteiger partial charge in [0.25, 0.3) is 0 Å². The number of rotatable bonds is 4. The third-order valence-corrected chi connectivity index (χ3v) is 4.46. The number of carbonyl (C=O) groups excluding carboxylic acids is 2. The van der Waals surface area contributed by atoms with Gasteiger partial charge in [0.1, 0.15) is 0 Å². The molecule has 0 spiro atoms. The molecule has 0 aliphatic carbocycles. The SMILES string of the molecule is CC(C)(C)CC(=O)N1CCN(C(=O)CCc2ccc(Cl)cc2)CC1. The quantitative estimate of drug-likeness (QED) is 0.835. The summed E-state index contributed by atoms with van der Waals surface area (Å²) in [5.41, 5.74) is 1.12. The van der Waals surface area contributed by atoms with Gasteiger partial charge in [-0.1, -0.05) is 44.5 Å². The van der Waals surface area contributed by atoms with Crippen LogP contribution in [0.3, 0.4) is 0 Å². The number of nitrogens with zero attached hydrogens (tertiary/aromatic N) is 2. The molecule has 24 heavy (non-hydrogen) atoms. The third-order valence-electron chi connectivity index (χ3n) is 4.21. The van der Waals surface area contributed by atoms with Gasteiger partial charge in [-0.2, -0.15) is 0 Å². The van der Waals surface area contributed by atoms with Crippen LogP contribution in [0.25, 0.3) is 0 Å². The van der Waals surface area contributed by atoms with Crippen LogP contribution < -0.4 is 0 Å². The number of hydrogen-bond donors (Lipinski definition) is 0. The molecule has 4 nitrogen and oxygen atoms in total. The van der Waals surface area contributed by atoms with Gasteiger partial charge in [-0.05, 0) is 29.5 Å². The summed E-state index contributed by atoms with van der Waals surface area (Å²) in [6.07, 6.45) is 1.77. The number of piperazine rings is 1. The van der Waals surface area contributed by atoms with Crippen LogP contribution in [0.1, 0.15) is 39.2 Å². The molecule has 0 N–H and O–H groups in total. The highest BCUT2D eigenvalue weighted by molar-refractivity contribution is 6.30. The second-order valence-electron chi connectivity index (χ2n) is 7.63. The van der Waals surface area contributed by atoms with Gasteiger partial charge in [-0.3, -0.25) is 9.59 Å². The molecule has 0 atom stereocenters. The number of carbonyl (C=O) groups is 2. The first-order valence-corrected chi connectivity index (χ1v) is 8.92. The zero-order chi connectivity index (χ0) is 17.7. The van der Waals surface area contributed by atoms with E-state index in [0.717, 1.165) is 12.0 Å². The highest BCUT2D eigenvalue weighted by Crippen LogP contribution is 2.20. The number of amides is 2. The summed E-state index contributed by atoms with van der Waals surface area (Å²) in [6.45, 7) is 8.76. The van der Waals surface area contributed by atoms with Crippen molar-refractivity contribution < 1.29 is 9.59 Å². The van der Waals surface area contributed by atoms with E-state index in [0.29, 0.717) is 44.0 Å². The zero-order valence-corrected chi connectivity index (χ0v) is 15.6. The van der Waals surface area contributed by atoms with Crippen molar-refractivity contribution >= 4 is 23.4 Å². The van der Waals surface area contributed by atoms with Crippen LogP contribution in [-0.2, 0) is 16.0 Å². The Balaban J connectivity index is 1.76. The predicted molar refractivity (Wildman–Crippen MR) is 97.0 cm³/mol. The summed E-state index contributed by atoms with van der Waals surface area (Å²) in [6, 6.07) is 7.61. The Morgan fingerprint density at radius 2 is 1.46 bits per heavy atom. The van der Waals surface area contributed by atoms with E-state index >= 15 is 0 Å². The molecule has 2 amide bonds. The molecule has 1 fully saturated rings. The molecule has 1 aromatic carbocycles. The van der Waals surface area contributed by atoms with Crippen LogP contribution in [0.5, 0.6) is 0 Å². The molecule has 0 unspecified atom stereocenters. The first kappa shape index (κ1) is 18.8. The van der Waals surface area contributed by atoms with E-state index in [1.54, 1.807) is 0 Å². The Bertz CT molecular complexity index is 570. The fraction of sp³-hybridized carbons (Fsp3) is 0.579. The third kappa shape index (κ3) is 5.82. The lowest BCUT2D eigenvalue weighted by Gasteiger charge is -2.36. The van der Waals surface area contributed by atoms with Crippen LogP contribution in [-0.4, -0.2) is 47.8 Å². The highest BCUT2D eigenvalue weighted by atomic mass is 35.5. The molecular formula is C19H27ClN2O2. The molecule has 1 heterocycles. The van der Waals surface area contributed by atoms with E-state index in [9.17, 15) is 9.59 Å². The predicted octanol–water partition coefficient (Wildman–Crippen LogP) is 3.38. The maximum atomic E-state index is 12.3. The van der Waals surface area contributed by atoms with Crippen molar-refractivity contribution in [3.63, 3.8) is 0 Å². The van der Waals surface area contributed by atoms with Gasteiger partial charge >= 0.3 is 0 Å². The summed E-state index contributed by atoms with van der Waals surface area (Å²) in [5, 5.41) is 0.709. The average Bonchev–Trinajstić information content (AvgIpc) is 2.52. The molecular weight excluding hydrogens is 324 g/mol.